The topological polar surface area (TPSA) is 73.6 Å². The van der Waals surface area contributed by atoms with E-state index in [0.29, 0.717) is 32.0 Å². The normalized spacial score (nSPS) is 20.1. The van der Waals surface area contributed by atoms with Crippen molar-refractivity contribution in [2.45, 2.75) is 57.4 Å². The summed E-state index contributed by atoms with van der Waals surface area (Å²) < 4.78 is 11.4. The minimum absolute atomic E-state index is 0. The molecule has 3 rings (SSSR count). The van der Waals surface area contributed by atoms with E-state index in [1.54, 1.807) is 0 Å². The fourth-order valence-electron chi connectivity index (χ4n) is 3.61. The van der Waals surface area contributed by atoms with Crippen molar-refractivity contribution in [2.24, 2.45) is 11.7 Å². The second kappa shape index (κ2) is 9.58. The van der Waals surface area contributed by atoms with E-state index in [1.807, 2.05) is 25.1 Å². The van der Waals surface area contributed by atoms with Crippen molar-refractivity contribution in [2.75, 3.05) is 25.1 Å². The minimum atomic E-state index is -0.841. The summed E-state index contributed by atoms with van der Waals surface area (Å²) >= 11 is 0. The molecule has 1 amide bonds. The molecule has 1 saturated heterocycles. The zero-order valence-electron chi connectivity index (χ0n) is 15.6. The van der Waals surface area contributed by atoms with Crippen molar-refractivity contribution in [3.8, 4) is 5.75 Å². The number of carbonyl (C=O) groups is 1. The van der Waals surface area contributed by atoms with Crippen LogP contribution in [0.1, 0.15) is 50.5 Å². The van der Waals surface area contributed by atoms with Crippen LogP contribution >= 0.6 is 12.4 Å². The first-order chi connectivity index (χ1) is 12.1. The van der Waals surface area contributed by atoms with Gasteiger partial charge in [-0.1, -0.05) is 25.3 Å². The van der Waals surface area contributed by atoms with Crippen LogP contribution in [0.15, 0.2) is 18.2 Å². The number of halogens is 1. The summed E-state index contributed by atoms with van der Waals surface area (Å²) in [7, 11) is 0. The van der Waals surface area contributed by atoms with Gasteiger partial charge in [-0.15, -0.1) is 12.4 Å². The number of amides is 1. The van der Waals surface area contributed by atoms with Crippen LogP contribution in [0.3, 0.4) is 0 Å². The van der Waals surface area contributed by atoms with Crippen molar-refractivity contribution < 1.29 is 14.3 Å². The Hall–Kier alpha value is -1.30. The number of hydrogen-bond acceptors (Lipinski definition) is 4. The molecule has 5 nitrogen and oxygen atoms in total. The summed E-state index contributed by atoms with van der Waals surface area (Å²) in [5, 5.41) is 2.96. The molecule has 26 heavy (non-hydrogen) atoms. The second-order valence-corrected chi connectivity index (χ2v) is 7.52. The van der Waals surface area contributed by atoms with E-state index >= 15 is 0 Å². The number of nitrogens with two attached hydrogens (primary N) is 1. The van der Waals surface area contributed by atoms with Crippen LogP contribution in [-0.2, 0) is 9.53 Å². The van der Waals surface area contributed by atoms with Gasteiger partial charge in [-0.2, -0.15) is 0 Å². The Balaban J connectivity index is 0.00000243. The Kier molecular flexibility index (Phi) is 7.74. The summed E-state index contributed by atoms with van der Waals surface area (Å²) in [6, 6.07) is 5.81. The molecule has 146 valence electrons. The van der Waals surface area contributed by atoms with Gasteiger partial charge >= 0.3 is 0 Å². The van der Waals surface area contributed by atoms with Gasteiger partial charge in [0.2, 0.25) is 5.91 Å². The first kappa shape index (κ1) is 21.0. The molecule has 1 aromatic carbocycles. The Labute approximate surface area is 162 Å². The van der Waals surface area contributed by atoms with Crippen molar-refractivity contribution in [3.63, 3.8) is 0 Å². The van der Waals surface area contributed by atoms with Crippen molar-refractivity contribution in [1.29, 1.82) is 0 Å². The maximum atomic E-state index is 12.6. The molecule has 1 aromatic rings. The number of nitrogens with one attached hydrogen (secondary N) is 1. The Morgan fingerprint density at radius 1 is 1.27 bits per heavy atom. The van der Waals surface area contributed by atoms with Gasteiger partial charge in [0.1, 0.15) is 11.3 Å². The lowest BCUT2D eigenvalue weighted by Gasteiger charge is -2.31. The highest BCUT2D eigenvalue weighted by Crippen LogP contribution is 2.28. The van der Waals surface area contributed by atoms with Crippen molar-refractivity contribution >= 4 is 24.0 Å². The molecule has 3 N–H and O–H groups in total. The van der Waals surface area contributed by atoms with Gasteiger partial charge in [-0.25, -0.2) is 0 Å². The maximum absolute atomic E-state index is 12.6. The van der Waals surface area contributed by atoms with Crippen LogP contribution < -0.4 is 15.8 Å². The van der Waals surface area contributed by atoms with Crippen LogP contribution in [0.5, 0.6) is 5.75 Å². The summed E-state index contributed by atoms with van der Waals surface area (Å²) in [6.07, 6.45) is 7.59. The molecule has 2 aliphatic rings. The highest BCUT2D eigenvalue weighted by molar-refractivity contribution is 5.98. The lowest BCUT2D eigenvalue weighted by atomic mass is 9.90. The quantitative estimate of drug-likeness (QED) is 0.811. The Morgan fingerprint density at radius 2 is 1.96 bits per heavy atom. The molecule has 1 aliphatic heterocycles. The van der Waals surface area contributed by atoms with Gasteiger partial charge in [0.15, 0.2) is 0 Å². The predicted octanol–water partition coefficient (Wildman–Crippen LogP) is 3.82. The third-order valence-electron chi connectivity index (χ3n) is 5.48. The third kappa shape index (κ3) is 5.35. The van der Waals surface area contributed by atoms with E-state index in [9.17, 15) is 4.79 Å². The Morgan fingerprint density at radius 3 is 2.65 bits per heavy atom. The molecule has 0 aromatic heterocycles. The van der Waals surface area contributed by atoms with Gasteiger partial charge in [0.25, 0.3) is 0 Å². The highest BCUT2D eigenvalue weighted by atomic mass is 35.5. The van der Waals surface area contributed by atoms with Crippen LogP contribution in [-0.4, -0.2) is 31.3 Å². The van der Waals surface area contributed by atoms with Crippen LogP contribution in [0.25, 0.3) is 0 Å². The first-order valence-corrected chi connectivity index (χ1v) is 9.48. The van der Waals surface area contributed by atoms with Crippen LogP contribution in [0.2, 0.25) is 0 Å². The smallest absolute Gasteiger partial charge is 0.244 e. The fraction of sp³-hybridized carbons (Fsp3) is 0.650. The van der Waals surface area contributed by atoms with Gasteiger partial charge in [0, 0.05) is 25.0 Å². The molecule has 2 fully saturated rings. The molecule has 0 atom stereocenters. The third-order valence-corrected chi connectivity index (χ3v) is 5.48. The fourth-order valence-corrected chi connectivity index (χ4v) is 3.61. The van der Waals surface area contributed by atoms with E-state index in [2.05, 4.69) is 5.32 Å². The average Bonchev–Trinajstić information content (AvgIpc) is 2.63. The zero-order chi connectivity index (χ0) is 17.7. The van der Waals surface area contributed by atoms with Gasteiger partial charge in [-0.05, 0) is 50.2 Å². The molecule has 1 saturated carbocycles. The average molecular weight is 383 g/mol. The number of ether oxygens (including phenoxy) is 2. The standard InChI is InChI=1S/C20H30N2O3.ClH/c1-15-7-8-17(22-19(23)20(21)9-11-24-12-10-20)13-18(15)25-14-16-5-3-2-4-6-16;/h7-8,13,16H,2-6,9-12,14,21H2,1H3,(H,22,23);1H. The molecular formula is C20H31ClN2O3. The van der Waals surface area contributed by atoms with E-state index in [4.69, 9.17) is 15.2 Å². The molecule has 0 radical (unpaired) electrons. The number of carbonyl (C=O) groups excluding carboxylic acids is 1. The minimum Gasteiger partial charge on any atom is -0.493 e. The highest BCUT2D eigenvalue weighted by Gasteiger charge is 2.36. The van der Waals surface area contributed by atoms with E-state index in [0.717, 1.165) is 23.6 Å². The zero-order valence-corrected chi connectivity index (χ0v) is 16.4. The molecule has 1 aliphatic carbocycles. The summed E-state index contributed by atoms with van der Waals surface area (Å²) in [5.41, 5.74) is 7.24. The van der Waals surface area contributed by atoms with Crippen LogP contribution in [0.4, 0.5) is 5.69 Å². The maximum Gasteiger partial charge on any atom is 0.244 e. The second-order valence-electron chi connectivity index (χ2n) is 7.52. The first-order valence-electron chi connectivity index (χ1n) is 9.48. The predicted molar refractivity (Wildman–Crippen MR) is 106 cm³/mol. The Bertz CT molecular complexity index is 597. The number of aryl methyl sites for hydroxylation is 1. The molecule has 0 bridgehead atoms. The van der Waals surface area contributed by atoms with E-state index in [-0.39, 0.29) is 18.3 Å². The molecule has 0 unspecified atom stereocenters. The lowest BCUT2D eigenvalue weighted by molar-refractivity contribution is -0.124. The molecular weight excluding hydrogens is 352 g/mol. The largest absolute Gasteiger partial charge is 0.493 e. The molecule has 0 spiro atoms. The monoisotopic (exact) mass is 382 g/mol. The molecule has 1 heterocycles. The number of hydrogen-bond donors (Lipinski definition) is 2. The van der Waals surface area contributed by atoms with Gasteiger partial charge in [-0.3, -0.25) is 4.79 Å². The SMILES string of the molecule is Cc1ccc(NC(=O)C2(N)CCOCC2)cc1OCC1CCCCC1.Cl. The summed E-state index contributed by atoms with van der Waals surface area (Å²) in [5.74, 6) is 1.36. The van der Waals surface area contributed by atoms with Gasteiger partial charge in [0.05, 0.1) is 6.61 Å². The van der Waals surface area contributed by atoms with Crippen LogP contribution in [0, 0.1) is 12.8 Å². The number of benzene rings is 1. The number of rotatable bonds is 5. The summed E-state index contributed by atoms with van der Waals surface area (Å²) in [4.78, 5) is 12.6. The van der Waals surface area contributed by atoms with E-state index < -0.39 is 5.54 Å². The van der Waals surface area contributed by atoms with E-state index in [1.165, 1.54) is 32.1 Å². The number of anilines is 1. The lowest BCUT2D eigenvalue weighted by Crippen LogP contribution is -2.54. The molecule has 6 heteroatoms. The summed E-state index contributed by atoms with van der Waals surface area (Å²) in [6.45, 7) is 3.86. The van der Waals surface area contributed by atoms with Crippen molar-refractivity contribution in [1.82, 2.24) is 0 Å². The van der Waals surface area contributed by atoms with Gasteiger partial charge < -0.3 is 20.5 Å². The van der Waals surface area contributed by atoms with Crippen molar-refractivity contribution in [3.05, 3.63) is 23.8 Å².